The highest BCUT2D eigenvalue weighted by Gasteiger charge is 2.16. The number of hydrogen-bond donors (Lipinski definition) is 0. The zero-order chi connectivity index (χ0) is 26.9. The van der Waals surface area contributed by atoms with E-state index in [-0.39, 0.29) is 0 Å². The van der Waals surface area contributed by atoms with Gasteiger partial charge < -0.3 is 0 Å². The summed E-state index contributed by atoms with van der Waals surface area (Å²) in [6.07, 6.45) is 1.88. The maximum atomic E-state index is 5.07. The Labute approximate surface area is 236 Å². The van der Waals surface area contributed by atoms with Gasteiger partial charge in [-0.1, -0.05) is 91.0 Å². The summed E-state index contributed by atoms with van der Waals surface area (Å²) in [5.41, 5.74) is 10.0. The van der Waals surface area contributed by atoms with Gasteiger partial charge in [0, 0.05) is 27.7 Å². The molecule has 9 rings (SSSR count). The van der Waals surface area contributed by atoms with E-state index in [0.717, 1.165) is 43.9 Å². The Morgan fingerprint density at radius 3 is 2.02 bits per heavy atom. The molecule has 3 heterocycles. The smallest absolute Gasteiger partial charge is 0.146 e. The minimum Gasteiger partial charge on any atom is -0.292 e. The second kappa shape index (κ2) is 8.48. The summed E-state index contributed by atoms with van der Waals surface area (Å²) in [6.45, 7) is 0. The highest BCUT2D eigenvalue weighted by Crippen LogP contribution is 2.38. The third-order valence-corrected chi connectivity index (χ3v) is 8.38. The Morgan fingerprint density at radius 2 is 1.15 bits per heavy atom. The summed E-state index contributed by atoms with van der Waals surface area (Å²) < 4.78 is 2.30. The van der Waals surface area contributed by atoms with Crippen LogP contribution in [-0.2, 0) is 0 Å². The number of rotatable bonds is 2. The fourth-order valence-electron chi connectivity index (χ4n) is 6.39. The number of pyridine rings is 2. The largest absolute Gasteiger partial charge is 0.292 e. The monoisotopic (exact) mass is 521 g/mol. The third-order valence-electron chi connectivity index (χ3n) is 8.38. The Morgan fingerprint density at radius 1 is 0.463 bits per heavy atom. The number of para-hydroxylation sites is 2. The van der Waals surface area contributed by atoms with Gasteiger partial charge in [-0.25, -0.2) is 4.98 Å². The van der Waals surface area contributed by atoms with Gasteiger partial charge in [0.1, 0.15) is 5.65 Å². The van der Waals surface area contributed by atoms with E-state index in [0.29, 0.717) is 0 Å². The van der Waals surface area contributed by atoms with Gasteiger partial charge in [0.25, 0.3) is 0 Å². The molecule has 0 aliphatic rings. The number of imidazole rings is 1. The Hall–Kier alpha value is -5.54. The van der Waals surface area contributed by atoms with Crippen LogP contribution in [0, 0.1) is 0 Å². The molecule has 0 atom stereocenters. The van der Waals surface area contributed by atoms with Crippen LogP contribution in [0.15, 0.2) is 140 Å². The van der Waals surface area contributed by atoms with Gasteiger partial charge in [-0.2, -0.15) is 0 Å². The summed E-state index contributed by atoms with van der Waals surface area (Å²) in [5.74, 6) is 0. The van der Waals surface area contributed by atoms with Crippen molar-refractivity contribution in [1.29, 1.82) is 0 Å². The highest BCUT2D eigenvalue weighted by atomic mass is 15.0. The van der Waals surface area contributed by atoms with Gasteiger partial charge in [0.15, 0.2) is 0 Å². The van der Waals surface area contributed by atoms with Crippen molar-refractivity contribution in [3.63, 3.8) is 0 Å². The van der Waals surface area contributed by atoms with Crippen LogP contribution < -0.4 is 0 Å². The minimum absolute atomic E-state index is 0.966. The molecule has 41 heavy (non-hydrogen) atoms. The van der Waals surface area contributed by atoms with Gasteiger partial charge in [-0.05, 0) is 75.5 Å². The number of fused-ring (bicyclic) bond motifs is 11. The van der Waals surface area contributed by atoms with Crippen LogP contribution in [0.3, 0.4) is 0 Å². The average Bonchev–Trinajstić information content (AvgIpc) is 3.44. The molecule has 9 aromatic rings. The second-order valence-electron chi connectivity index (χ2n) is 10.7. The zero-order valence-corrected chi connectivity index (χ0v) is 22.1. The third kappa shape index (κ3) is 3.33. The van der Waals surface area contributed by atoms with Crippen LogP contribution in [0.25, 0.3) is 82.3 Å². The molecule has 0 amide bonds. The van der Waals surface area contributed by atoms with Crippen LogP contribution in [0.5, 0.6) is 0 Å². The number of nitrogens with zero attached hydrogens (tertiary/aromatic N) is 3. The second-order valence-corrected chi connectivity index (χ2v) is 10.7. The molecule has 3 aromatic heterocycles. The first-order chi connectivity index (χ1) is 20.3. The van der Waals surface area contributed by atoms with Gasteiger partial charge in [0.2, 0.25) is 0 Å². The SMILES string of the molecule is c1ccc2cc(-c3ccc(-c4ccc5c(c4)c4c(ccc6cccnc64)c4nc6ccccc6n54)cc3)ccc2c1. The van der Waals surface area contributed by atoms with Gasteiger partial charge in [0.05, 0.1) is 22.1 Å². The maximum Gasteiger partial charge on any atom is 0.146 e. The first-order valence-corrected chi connectivity index (χ1v) is 13.9. The summed E-state index contributed by atoms with van der Waals surface area (Å²) >= 11 is 0. The van der Waals surface area contributed by atoms with E-state index < -0.39 is 0 Å². The maximum absolute atomic E-state index is 5.07. The normalized spacial score (nSPS) is 11.9. The summed E-state index contributed by atoms with van der Waals surface area (Å²) in [4.78, 5) is 9.93. The van der Waals surface area contributed by atoms with Crippen molar-refractivity contribution in [2.45, 2.75) is 0 Å². The molecule has 0 spiro atoms. The quantitative estimate of drug-likeness (QED) is 0.212. The van der Waals surface area contributed by atoms with Crippen LogP contribution in [0.1, 0.15) is 0 Å². The van der Waals surface area contributed by atoms with Crippen molar-refractivity contribution < 1.29 is 0 Å². The number of hydrogen-bond acceptors (Lipinski definition) is 2. The Kier molecular flexibility index (Phi) is 4.61. The van der Waals surface area contributed by atoms with E-state index in [1.807, 2.05) is 12.3 Å². The van der Waals surface area contributed by atoms with Gasteiger partial charge >= 0.3 is 0 Å². The number of aromatic nitrogens is 3. The molecule has 0 N–H and O–H groups in total. The molecule has 0 radical (unpaired) electrons. The van der Waals surface area contributed by atoms with E-state index >= 15 is 0 Å². The van der Waals surface area contributed by atoms with E-state index in [9.17, 15) is 0 Å². The van der Waals surface area contributed by atoms with Crippen LogP contribution in [-0.4, -0.2) is 14.4 Å². The summed E-state index contributed by atoms with van der Waals surface area (Å²) in [6, 6.07) is 47.8. The van der Waals surface area contributed by atoms with Crippen molar-refractivity contribution in [3.05, 3.63) is 140 Å². The fraction of sp³-hybridized carbons (Fsp3) is 0. The lowest BCUT2D eigenvalue weighted by atomic mass is 9.96. The minimum atomic E-state index is 0.966. The molecule has 0 unspecified atom stereocenters. The summed E-state index contributed by atoms with van der Waals surface area (Å²) in [5, 5.41) is 7.09. The molecule has 0 bridgehead atoms. The Balaban J connectivity index is 1.28. The number of benzene rings is 6. The standard InChI is InChI=1S/C38H23N3/c1-2-7-28-22-29(16-15-24(28)6-1)25-11-13-26(14-12-25)30-18-20-34-32(23-30)36-31(19-17-27-8-5-21-39-37(27)36)38-40-33-9-3-4-10-35(33)41(34)38/h1-23H. The van der Waals surface area contributed by atoms with Crippen LogP contribution in [0.4, 0.5) is 0 Å². The first-order valence-electron chi connectivity index (χ1n) is 13.9. The van der Waals surface area contributed by atoms with E-state index in [1.54, 1.807) is 0 Å². The molecule has 6 aromatic carbocycles. The first kappa shape index (κ1) is 22.3. The molecular weight excluding hydrogens is 498 g/mol. The molecule has 0 saturated carbocycles. The van der Waals surface area contributed by atoms with Crippen molar-refractivity contribution >= 4 is 60.0 Å². The average molecular weight is 522 g/mol. The zero-order valence-electron chi connectivity index (χ0n) is 22.1. The lowest BCUT2D eigenvalue weighted by Crippen LogP contribution is -1.94. The molecule has 0 aliphatic carbocycles. The molecule has 0 saturated heterocycles. The van der Waals surface area contributed by atoms with Gasteiger partial charge in [-0.3, -0.25) is 9.38 Å². The predicted molar refractivity (Wildman–Crippen MR) is 171 cm³/mol. The van der Waals surface area contributed by atoms with E-state index in [2.05, 4.69) is 132 Å². The van der Waals surface area contributed by atoms with E-state index in [4.69, 9.17) is 9.97 Å². The van der Waals surface area contributed by atoms with Crippen molar-refractivity contribution in [2.24, 2.45) is 0 Å². The molecule has 3 heteroatoms. The van der Waals surface area contributed by atoms with Crippen LogP contribution in [0.2, 0.25) is 0 Å². The van der Waals surface area contributed by atoms with Crippen LogP contribution >= 0.6 is 0 Å². The lowest BCUT2D eigenvalue weighted by molar-refractivity contribution is 1.31. The molecule has 190 valence electrons. The van der Waals surface area contributed by atoms with Crippen molar-refractivity contribution in [3.8, 4) is 22.3 Å². The lowest BCUT2D eigenvalue weighted by Gasteiger charge is -2.13. The van der Waals surface area contributed by atoms with E-state index in [1.165, 1.54) is 38.4 Å². The van der Waals surface area contributed by atoms with Crippen molar-refractivity contribution in [2.75, 3.05) is 0 Å². The molecule has 3 nitrogen and oxygen atoms in total. The summed E-state index contributed by atoms with van der Waals surface area (Å²) in [7, 11) is 0. The van der Waals surface area contributed by atoms with Gasteiger partial charge in [-0.15, -0.1) is 0 Å². The van der Waals surface area contributed by atoms with Crippen molar-refractivity contribution in [1.82, 2.24) is 14.4 Å². The topological polar surface area (TPSA) is 30.2 Å². The highest BCUT2D eigenvalue weighted by molar-refractivity contribution is 6.23. The fourth-order valence-corrected chi connectivity index (χ4v) is 6.39. The molecule has 0 fully saturated rings. The Bertz CT molecular complexity index is 2470. The molecule has 0 aliphatic heterocycles. The predicted octanol–water partition coefficient (Wildman–Crippen LogP) is 9.83. The molecular formula is C38H23N3.